The first-order chi connectivity index (χ1) is 9.25. The Morgan fingerprint density at radius 3 is 2.79 bits per heavy atom. The maximum absolute atomic E-state index is 10.7. The summed E-state index contributed by atoms with van der Waals surface area (Å²) in [5, 5.41) is 10.7. The Hall–Kier alpha value is -1.53. The lowest BCUT2D eigenvalue weighted by atomic mass is 10.2. The van der Waals surface area contributed by atoms with Crippen LogP contribution in [0, 0.1) is 0 Å². The Labute approximate surface area is 119 Å². The fourth-order valence-corrected chi connectivity index (χ4v) is 3.00. The summed E-state index contributed by atoms with van der Waals surface area (Å²) in [6, 6.07) is 6.44. The second-order valence-corrected chi connectivity index (χ2v) is 5.91. The summed E-state index contributed by atoms with van der Waals surface area (Å²) < 4.78 is 6.61. The number of hydrogen-bond donors (Lipinski definition) is 1. The van der Waals surface area contributed by atoms with Crippen molar-refractivity contribution in [3.05, 3.63) is 41.4 Å². The third-order valence-corrected chi connectivity index (χ3v) is 4.35. The van der Waals surface area contributed by atoms with Crippen LogP contribution in [0.1, 0.15) is 16.8 Å². The van der Waals surface area contributed by atoms with Crippen LogP contribution in [-0.4, -0.2) is 28.4 Å². The van der Waals surface area contributed by atoms with Gasteiger partial charge in [-0.3, -0.25) is 0 Å². The molecule has 0 radical (unpaired) electrons. The fourth-order valence-electron chi connectivity index (χ4n) is 1.38. The molecular formula is C13H13NO3S2. The number of hydrogen-bond acceptors (Lipinski definition) is 5. The highest BCUT2D eigenvalue weighted by Crippen LogP contribution is 2.21. The molecule has 0 unspecified atom stereocenters. The lowest BCUT2D eigenvalue weighted by Gasteiger charge is -2.05. The quantitative estimate of drug-likeness (QED) is 0.626. The van der Waals surface area contributed by atoms with E-state index in [2.05, 4.69) is 4.98 Å². The van der Waals surface area contributed by atoms with E-state index in [9.17, 15) is 4.79 Å². The SMILES string of the molecule is O=C(O)c1ccc(OCCCSc2nccs2)cc1. The smallest absolute Gasteiger partial charge is 0.335 e. The average molecular weight is 295 g/mol. The highest BCUT2D eigenvalue weighted by molar-refractivity contribution is 8.00. The van der Waals surface area contributed by atoms with Gasteiger partial charge in [0.05, 0.1) is 12.2 Å². The van der Waals surface area contributed by atoms with Gasteiger partial charge in [0.25, 0.3) is 0 Å². The van der Waals surface area contributed by atoms with Crippen molar-refractivity contribution in [3.8, 4) is 5.75 Å². The molecule has 0 amide bonds. The van der Waals surface area contributed by atoms with Gasteiger partial charge < -0.3 is 9.84 Å². The van der Waals surface area contributed by atoms with E-state index in [1.165, 1.54) is 0 Å². The number of carbonyl (C=O) groups is 1. The first-order valence-electron chi connectivity index (χ1n) is 5.74. The van der Waals surface area contributed by atoms with E-state index in [0.717, 1.165) is 16.5 Å². The normalized spacial score (nSPS) is 10.3. The van der Waals surface area contributed by atoms with Gasteiger partial charge in [0.1, 0.15) is 10.1 Å². The van der Waals surface area contributed by atoms with Crippen molar-refractivity contribution in [1.29, 1.82) is 0 Å². The summed E-state index contributed by atoms with van der Waals surface area (Å²) in [6.45, 7) is 0.616. The van der Waals surface area contributed by atoms with Crippen molar-refractivity contribution >= 4 is 29.1 Å². The van der Waals surface area contributed by atoms with Crippen LogP contribution in [-0.2, 0) is 0 Å². The Morgan fingerprint density at radius 1 is 1.37 bits per heavy atom. The number of aromatic carboxylic acids is 1. The largest absolute Gasteiger partial charge is 0.494 e. The molecule has 0 aliphatic carbocycles. The molecule has 0 fully saturated rings. The number of carboxylic acids is 1. The van der Waals surface area contributed by atoms with Crippen molar-refractivity contribution in [2.45, 2.75) is 10.8 Å². The predicted octanol–water partition coefficient (Wildman–Crippen LogP) is 3.40. The topological polar surface area (TPSA) is 59.4 Å². The first-order valence-corrected chi connectivity index (χ1v) is 7.60. The molecule has 0 atom stereocenters. The van der Waals surface area contributed by atoms with Gasteiger partial charge in [0.2, 0.25) is 0 Å². The van der Waals surface area contributed by atoms with E-state index in [0.29, 0.717) is 12.4 Å². The molecule has 6 heteroatoms. The van der Waals surface area contributed by atoms with E-state index in [-0.39, 0.29) is 5.56 Å². The molecule has 1 heterocycles. The van der Waals surface area contributed by atoms with Crippen LogP contribution in [0.4, 0.5) is 0 Å². The minimum atomic E-state index is -0.925. The molecule has 2 aromatic rings. The molecule has 2 rings (SSSR count). The number of carboxylic acid groups (broad SMARTS) is 1. The molecule has 1 N–H and O–H groups in total. The van der Waals surface area contributed by atoms with Crippen LogP contribution in [0.5, 0.6) is 5.75 Å². The standard InChI is InChI=1S/C13H13NO3S2/c15-12(16)10-2-4-11(5-3-10)17-7-1-8-18-13-14-6-9-19-13/h2-6,9H,1,7-8H2,(H,15,16). The van der Waals surface area contributed by atoms with Crippen LogP contribution >= 0.6 is 23.1 Å². The molecule has 0 saturated carbocycles. The Balaban J connectivity index is 1.66. The van der Waals surface area contributed by atoms with Gasteiger partial charge in [-0.05, 0) is 30.7 Å². The van der Waals surface area contributed by atoms with Crippen molar-refractivity contribution < 1.29 is 14.6 Å². The summed E-state index contributed by atoms with van der Waals surface area (Å²) in [5.41, 5.74) is 0.270. The fraction of sp³-hybridized carbons (Fsp3) is 0.231. The number of benzene rings is 1. The first kappa shape index (κ1) is 13.9. The van der Waals surface area contributed by atoms with Gasteiger partial charge in [-0.1, -0.05) is 11.8 Å². The molecular weight excluding hydrogens is 282 g/mol. The van der Waals surface area contributed by atoms with Crippen LogP contribution in [0.25, 0.3) is 0 Å². The molecule has 1 aromatic heterocycles. The Kier molecular flexibility index (Phi) is 5.23. The molecule has 1 aromatic carbocycles. The van der Waals surface area contributed by atoms with Crippen LogP contribution in [0.15, 0.2) is 40.2 Å². The van der Waals surface area contributed by atoms with Crippen LogP contribution in [0.3, 0.4) is 0 Å². The average Bonchev–Trinajstić information content (AvgIpc) is 2.92. The third kappa shape index (κ3) is 4.57. The Morgan fingerprint density at radius 2 is 2.16 bits per heavy atom. The van der Waals surface area contributed by atoms with E-state index in [1.807, 2.05) is 5.38 Å². The highest BCUT2D eigenvalue weighted by atomic mass is 32.2. The summed E-state index contributed by atoms with van der Waals surface area (Å²) >= 11 is 3.36. The number of thioether (sulfide) groups is 1. The molecule has 0 aliphatic heterocycles. The molecule has 100 valence electrons. The van der Waals surface area contributed by atoms with Gasteiger partial charge in [-0.2, -0.15) is 0 Å². The van der Waals surface area contributed by atoms with Gasteiger partial charge in [0.15, 0.2) is 0 Å². The zero-order chi connectivity index (χ0) is 13.5. The summed E-state index contributed by atoms with van der Waals surface area (Å²) in [5.74, 6) is 0.733. The monoisotopic (exact) mass is 295 g/mol. The second-order valence-electron chi connectivity index (χ2n) is 3.68. The molecule has 4 nitrogen and oxygen atoms in total. The molecule has 0 bridgehead atoms. The molecule has 19 heavy (non-hydrogen) atoms. The van der Waals surface area contributed by atoms with Crippen LogP contribution in [0.2, 0.25) is 0 Å². The second kappa shape index (κ2) is 7.16. The van der Waals surface area contributed by atoms with Gasteiger partial charge in [0, 0.05) is 17.3 Å². The summed E-state index contributed by atoms with van der Waals surface area (Å²) in [4.78, 5) is 14.9. The molecule has 0 spiro atoms. The van der Waals surface area contributed by atoms with Gasteiger partial charge >= 0.3 is 5.97 Å². The van der Waals surface area contributed by atoms with Crippen molar-refractivity contribution in [2.24, 2.45) is 0 Å². The van der Waals surface area contributed by atoms with E-state index < -0.39 is 5.97 Å². The van der Waals surface area contributed by atoms with E-state index in [1.54, 1.807) is 53.6 Å². The van der Waals surface area contributed by atoms with Gasteiger partial charge in [-0.25, -0.2) is 9.78 Å². The number of rotatable bonds is 7. The highest BCUT2D eigenvalue weighted by Gasteiger charge is 2.02. The molecule has 0 aliphatic rings. The third-order valence-electron chi connectivity index (χ3n) is 2.29. The predicted molar refractivity (Wildman–Crippen MR) is 76.4 cm³/mol. The minimum absolute atomic E-state index is 0.270. The van der Waals surface area contributed by atoms with E-state index in [4.69, 9.17) is 9.84 Å². The van der Waals surface area contributed by atoms with Crippen LogP contribution < -0.4 is 4.74 Å². The number of thiazole rings is 1. The lowest BCUT2D eigenvalue weighted by Crippen LogP contribution is -2.00. The lowest BCUT2D eigenvalue weighted by molar-refractivity contribution is 0.0697. The number of nitrogens with zero attached hydrogens (tertiary/aromatic N) is 1. The van der Waals surface area contributed by atoms with Crippen molar-refractivity contribution in [2.75, 3.05) is 12.4 Å². The Bertz CT molecular complexity index is 511. The molecule has 0 saturated heterocycles. The summed E-state index contributed by atoms with van der Waals surface area (Å²) in [6.07, 6.45) is 2.72. The van der Waals surface area contributed by atoms with Crippen molar-refractivity contribution in [3.63, 3.8) is 0 Å². The maximum Gasteiger partial charge on any atom is 0.335 e. The minimum Gasteiger partial charge on any atom is -0.494 e. The number of aromatic nitrogens is 1. The zero-order valence-corrected chi connectivity index (χ0v) is 11.7. The number of ether oxygens (including phenoxy) is 1. The van der Waals surface area contributed by atoms with Crippen molar-refractivity contribution in [1.82, 2.24) is 4.98 Å². The summed E-state index contributed by atoms with van der Waals surface area (Å²) in [7, 11) is 0. The van der Waals surface area contributed by atoms with Gasteiger partial charge in [-0.15, -0.1) is 11.3 Å². The zero-order valence-electron chi connectivity index (χ0n) is 10.1. The van der Waals surface area contributed by atoms with E-state index >= 15 is 0 Å². The maximum atomic E-state index is 10.7.